The van der Waals surface area contributed by atoms with E-state index in [2.05, 4.69) is 5.92 Å². The molecule has 1 saturated heterocycles. The first-order chi connectivity index (χ1) is 9.23. The van der Waals surface area contributed by atoms with Crippen LogP contribution in [-0.2, 0) is 6.18 Å². The van der Waals surface area contributed by atoms with E-state index in [0.717, 1.165) is 18.2 Å². The summed E-state index contributed by atoms with van der Waals surface area (Å²) in [6.45, 7) is -0.339. The molecule has 20 heavy (non-hydrogen) atoms. The van der Waals surface area contributed by atoms with Crippen LogP contribution in [0.25, 0.3) is 0 Å². The number of benzene rings is 1. The Morgan fingerprint density at radius 2 is 1.95 bits per heavy atom. The zero-order valence-corrected chi connectivity index (χ0v) is 10.5. The quantitative estimate of drug-likeness (QED) is 0.559. The van der Waals surface area contributed by atoms with Crippen LogP contribution in [-0.4, -0.2) is 19.0 Å². The standard InChI is InChI=1S/C14H12F5N/c1-2-10-4-5-11(14(17,18)19)8-12(10)20-7-3-6-13(15,16)9-20/h1,4-5,8H,3,6-7,9H2. The first-order valence-corrected chi connectivity index (χ1v) is 6.03. The SMILES string of the molecule is C#Cc1ccc(C(F)(F)F)cc1N1CCCC(F)(F)C1. The molecule has 1 heterocycles. The molecule has 0 aromatic heterocycles. The highest BCUT2D eigenvalue weighted by atomic mass is 19.4. The van der Waals surface area contributed by atoms with Gasteiger partial charge < -0.3 is 4.90 Å². The summed E-state index contributed by atoms with van der Waals surface area (Å²) in [6, 6.07) is 2.85. The minimum Gasteiger partial charge on any atom is -0.364 e. The molecule has 0 bridgehead atoms. The van der Waals surface area contributed by atoms with Crippen molar-refractivity contribution in [2.45, 2.75) is 24.9 Å². The number of rotatable bonds is 1. The summed E-state index contributed by atoms with van der Waals surface area (Å²) in [6.07, 6.45) is 0.670. The monoisotopic (exact) mass is 289 g/mol. The number of terminal acetylenes is 1. The van der Waals surface area contributed by atoms with E-state index in [1.807, 2.05) is 0 Å². The second kappa shape index (κ2) is 4.97. The molecule has 1 aromatic rings. The lowest BCUT2D eigenvalue weighted by molar-refractivity contribution is -0.137. The van der Waals surface area contributed by atoms with Crippen molar-refractivity contribution in [3.63, 3.8) is 0 Å². The highest BCUT2D eigenvalue weighted by Crippen LogP contribution is 2.36. The van der Waals surface area contributed by atoms with Crippen molar-refractivity contribution >= 4 is 5.69 Å². The van der Waals surface area contributed by atoms with Crippen LogP contribution in [0.5, 0.6) is 0 Å². The molecule has 108 valence electrons. The number of nitrogens with zero attached hydrogens (tertiary/aromatic N) is 1. The lowest BCUT2D eigenvalue weighted by atomic mass is 10.0. The predicted octanol–water partition coefficient (Wildman–Crippen LogP) is 3.92. The summed E-state index contributed by atoms with van der Waals surface area (Å²) in [4.78, 5) is 1.23. The third-order valence-electron chi connectivity index (χ3n) is 3.21. The molecule has 0 unspecified atom stereocenters. The van der Waals surface area contributed by atoms with Gasteiger partial charge in [0.25, 0.3) is 5.92 Å². The Bertz CT molecular complexity index is 541. The van der Waals surface area contributed by atoms with Crippen LogP contribution in [0.15, 0.2) is 18.2 Å². The molecule has 1 aromatic carbocycles. The van der Waals surface area contributed by atoms with Gasteiger partial charge >= 0.3 is 6.18 Å². The minimum atomic E-state index is -4.53. The van der Waals surface area contributed by atoms with Gasteiger partial charge in [-0.05, 0) is 24.6 Å². The van der Waals surface area contributed by atoms with Gasteiger partial charge in [-0.25, -0.2) is 8.78 Å². The Morgan fingerprint density at radius 1 is 1.25 bits per heavy atom. The number of halogens is 5. The van der Waals surface area contributed by atoms with Gasteiger partial charge in [-0.3, -0.25) is 0 Å². The molecule has 0 saturated carbocycles. The third kappa shape index (κ3) is 3.03. The zero-order chi connectivity index (χ0) is 15.0. The smallest absolute Gasteiger partial charge is 0.364 e. The summed E-state index contributed by atoms with van der Waals surface area (Å²) < 4.78 is 64.9. The van der Waals surface area contributed by atoms with Crippen molar-refractivity contribution in [3.05, 3.63) is 29.3 Å². The van der Waals surface area contributed by atoms with Gasteiger partial charge in [-0.15, -0.1) is 6.42 Å². The zero-order valence-electron chi connectivity index (χ0n) is 10.5. The molecule has 0 spiro atoms. The van der Waals surface area contributed by atoms with Crippen LogP contribution in [0, 0.1) is 12.3 Å². The topological polar surface area (TPSA) is 3.24 Å². The number of alkyl halides is 5. The van der Waals surface area contributed by atoms with Crippen molar-refractivity contribution in [1.82, 2.24) is 0 Å². The van der Waals surface area contributed by atoms with Gasteiger partial charge in [-0.2, -0.15) is 13.2 Å². The first-order valence-electron chi connectivity index (χ1n) is 6.03. The molecule has 2 rings (SSSR count). The average molecular weight is 289 g/mol. The second-order valence-corrected chi connectivity index (χ2v) is 4.76. The fourth-order valence-corrected chi connectivity index (χ4v) is 2.26. The molecule has 1 aliphatic rings. The van der Waals surface area contributed by atoms with Crippen LogP contribution >= 0.6 is 0 Å². The summed E-state index contributed by atoms with van der Waals surface area (Å²) >= 11 is 0. The predicted molar refractivity (Wildman–Crippen MR) is 65.8 cm³/mol. The van der Waals surface area contributed by atoms with E-state index in [4.69, 9.17) is 6.42 Å². The lowest BCUT2D eigenvalue weighted by Gasteiger charge is -2.35. The number of piperidine rings is 1. The van der Waals surface area contributed by atoms with E-state index in [1.165, 1.54) is 4.90 Å². The Hall–Kier alpha value is -1.77. The van der Waals surface area contributed by atoms with Crippen molar-refractivity contribution in [3.8, 4) is 12.3 Å². The Morgan fingerprint density at radius 3 is 2.50 bits per heavy atom. The summed E-state index contributed by atoms with van der Waals surface area (Å²) in [7, 11) is 0. The summed E-state index contributed by atoms with van der Waals surface area (Å²) in [5.41, 5.74) is -0.655. The highest BCUT2D eigenvalue weighted by Gasteiger charge is 2.37. The minimum absolute atomic E-state index is 0.0432. The van der Waals surface area contributed by atoms with Crippen molar-refractivity contribution in [2.75, 3.05) is 18.0 Å². The van der Waals surface area contributed by atoms with Crippen LogP contribution in [0.3, 0.4) is 0 Å². The molecular weight excluding hydrogens is 277 g/mol. The van der Waals surface area contributed by atoms with Crippen molar-refractivity contribution < 1.29 is 22.0 Å². The van der Waals surface area contributed by atoms with Gasteiger partial charge in [0.05, 0.1) is 17.8 Å². The van der Waals surface area contributed by atoms with Crippen LogP contribution < -0.4 is 4.90 Å². The summed E-state index contributed by atoms with van der Waals surface area (Å²) in [5, 5.41) is 0. The second-order valence-electron chi connectivity index (χ2n) is 4.76. The molecule has 0 N–H and O–H groups in total. The molecule has 0 amide bonds. The van der Waals surface area contributed by atoms with Gasteiger partial charge in [0.15, 0.2) is 0 Å². The van der Waals surface area contributed by atoms with E-state index < -0.39 is 24.2 Å². The highest BCUT2D eigenvalue weighted by molar-refractivity contribution is 5.62. The van der Waals surface area contributed by atoms with Crippen molar-refractivity contribution in [2.24, 2.45) is 0 Å². The molecule has 0 aliphatic carbocycles. The Balaban J connectivity index is 2.41. The fraction of sp³-hybridized carbons (Fsp3) is 0.429. The Labute approximate surface area is 113 Å². The molecule has 1 fully saturated rings. The number of hydrogen-bond donors (Lipinski definition) is 0. The first kappa shape index (κ1) is 14.6. The van der Waals surface area contributed by atoms with E-state index in [9.17, 15) is 22.0 Å². The van der Waals surface area contributed by atoms with Crippen LogP contribution in [0.4, 0.5) is 27.6 Å². The van der Waals surface area contributed by atoms with E-state index in [1.54, 1.807) is 0 Å². The molecule has 1 aliphatic heterocycles. The largest absolute Gasteiger partial charge is 0.416 e. The van der Waals surface area contributed by atoms with Gasteiger partial charge in [0.1, 0.15) is 0 Å². The molecule has 0 atom stereocenters. The average Bonchev–Trinajstić information content (AvgIpc) is 2.35. The molecular formula is C14H12F5N. The number of hydrogen-bond acceptors (Lipinski definition) is 1. The van der Waals surface area contributed by atoms with Gasteiger partial charge in [-0.1, -0.05) is 5.92 Å². The number of anilines is 1. The molecule has 1 nitrogen and oxygen atoms in total. The maximum absolute atomic E-state index is 13.4. The van der Waals surface area contributed by atoms with Crippen LogP contribution in [0.1, 0.15) is 24.0 Å². The molecule has 0 radical (unpaired) electrons. The van der Waals surface area contributed by atoms with Gasteiger partial charge in [0.2, 0.25) is 0 Å². The van der Waals surface area contributed by atoms with Gasteiger partial charge in [0, 0.05) is 18.5 Å². The van der Waals surface area contributed by atoms with Crippen LogP contribution in [0.2, 0.25) is 0 Å². The van der Waals surface area contributed by atoms with E-state index in [-0.39, 0.29) is 30.6 Å². The maximum atomic E-state index is 13.4. The lowest BCUT2D eigenvalue weighted by Crippen LogP contribution is -2.43. The van der Waals surface area contributed by atoms with Crippen molar-refractivity contribution in [1.29, 1.82) is 0 Å². The normalized spacial score (nSPS) is 18.7. The summed E-state index contributed by atoms with van der Waals surface area (Å²) in [5.74, 6) is -0.659. The van der Waals surface area contributed by atoms with E-state index in [0.29, 0.717) is 0 Å². The maximum Gasteiger partial charge on any atom is 0.416 e. The molecule has 6 heteroatoms. The van der Waals surface area contributed by atoms with E-state index >= 15 is 0 Å². The Kier molecular flexibility index (Phi) is 3.63. The fourth-order valence-electron chi connectivity index (χ4n) is 2.26. The third-order valence-corrected chi connectivity index (χ3v) is 3.21.